The molecule has 1 saturated heterocycles. The van der Waals surface area contributed by atoms with Gasteiger partial charge in [-0.3, -0.25) is 4.79 Å². The average Bonchev–Trinajstić information content (AvgIpc) is 3.35. The number of nitrogens with one attached hydrogen (secondary N) is 1. The lowest BCUT2D eigenvalue weighted by atomic mass is 9.99. The smallest absolute Gasteiger partial charge is 0.220 e. The summed E-state index contributed by atoms with van der Waals surface area (Å²) in [6, 6.07) is -0.823. The Bertz CT molecular complexity index is 1220. The minimum absolute atomic E-state index is 0.185. The Kier molecular flexibility index (Phi) is 47.0. The molecule has 1 aliphatic heterocycles. The summed E-state index contributed by atoms with van der Waals surface area (Å²) < 4.78 is 11.3. The van der Waals surface area contributed by atoms with Gasteiger partial charge in [-0.15, -0.1) is 0 Å². The molecular formula is C60H111NO8. The molecule has 0 radical (unpaired) electrons. The molecular weight excluding hydrogens is 863 g/mol. The molecule has 1 fully saturated rings. The van der Waals surface area contributed by atoms with Gasteiger partial charge in [-0.2, -0.15) is 0 Å². The molecule has 1 rings (SSSR count). The van der Waals surface area contributed by atoms with E-state index in [4.69, 9.17) is 9.47 Å². The Labute approximate surface area is 424 Å². The Morgan fingerprint density at radius 3 is 1.38 bits per heavy atom. The minimum Gasteiger partial charge on any atom is -0.394 e. The molecule has 9 heteroatoms. The summed E-state index contributed by atoms with van der Waals surface area (Å²) in [7, 11) is 0. The molecule has 6 N–H and O–H groups in total. The van der Waals surface area contributed by atoms with E-state index in [1.165, 1.54) is 199 Å². The molecule has 1 amide bonds. The maximum Gasteiger partial charge on any atom is 0.220 e. The first-order chi connectivity index (χ1) is 33.8. The zero-order valence-corrected chi connectivity index (χ0v) is 44.8. The molecule has 0 bridgehead atoms. The predicted molar refractivity (Wildman–Crippen MR) is 290 cm³/mol. The average molecular weight is 975 g/mol. The second-order valence-electron chi connectivity index (χ2n) is 20.4. The zero-order chi connectivity index (χ0) is 50.1. The van der Waals surface area contributed by atoms with Gasteiger partial charge < -0.3 is 40.3 Å². The molecule has 7 atom stereocenters. The highest BCUT2D eigenvalue weighted by Crippen LogP contribution is 2.23. The third-order valence-corrected chi connectivity index (χ3v) is 13.9. The molecule has 69 heavy (non-hydrogen) atoms. The van der Waals surface area contributed by atoms with Crippen LogP contribution >= 0.6 is 0 Å². The van der Waals surface area contributed by atoms with Gasteiger partial charge in [0.15, 0.2) is 6.29 Å². The van der Waals surface area contributed by atoms with E-state index in [0.29, 0.717) is 6.42 Å². The number of carbonyl (C=O) groups excluding carboxylic acids is 1. The van der Waals surface area contributed by atoms with E-state index in [-0.39, 0.29) is 12.5 Å². The van der Waals surface area contributed by atoms with Crippen LogP contribution in [0.2, 0.25) is 0 Å². The number of hydrogen-bond donors (Lipinski definition) is 6. The molecule has 1 aliphatic rings. The number of ether oxygens (including phenoxy) is 2. The third kappa shape index (κ3) is 39.4. The van der Waals surface area contributed by atoms with Gasteiger partial charge in [0.1, 0.15) is 24.4 Å². The van der Waals surface area contributed by atoms with Crippen LogP contribution in [0.5, 0.6) is 0 Å². The van der Waals surface area contributed by atoms with Crippen LogP contribution in [0.3, 0.4) is 0 Å². The van der Waals surface area contributed by atoms with Crippen molar-refractivity contribution < 1.29 is 39.8 Å². The number of aliphatic hydroxyl groups is 5. The standard InChI is InChI=1S/C60H111NO8/c1-3-5-7-9-11-13-15-17-19-21-23-25-26-27-28-30-31-33-35-37-39-41-43-45-47-49-54(63)53(52-68-60-59(67)58(66)57(65)55(51-62)69-60)61-56(64)50-48-46-44-42-40-38-36-34-32-29-24-22-20-18-16-14-12-10-8-6-4-2/h6,8,12,14,39,41,47,49,53-55,57-60,62-63,65-67H,3-5,7,9-11,13,15-38,40,42-46,48,50-52H2,1-2H3,(H,61,64)/b8-6-,14-12-,41-39+,49-47+. The summed E-state index contributed by atoms with van der Waals surface area (Å²) in [5.74, 6) is -0.185. The Balaban J connectivity index is 2.24. The number of aliphatic hydroxyl groups excluding tert-OH is 5. The second kappa shape index (κ2) is 49.7. The Hall–Kier alpha value is -1.85. The van der Waals surface area contributed by atoms with Crippen molar-refractivity contribution in [3.05, 3.63) is 48.6 Å². The molecule has 1 heterocycles. The summed E-state index contributed by atoms with van der Waals surface area (Å²) in [6.07, 6.45) is 59.0. The van der Waals surface area contributed by atoms with Crippen molar-refractivity contribution in [3.8, 4) is 0 Å². The third-order valence-electron chi connectivity index (χ3n) is 13.9. The first kappa shape index (κ1) is 65.2. The van der Waals surface area contributed by atoms with Gasteiger partial charge >= 0.3 is 0 Å². The number of rotatable bonds is 50. The quantitative estimate of drug-likeness (QED) is 0.0261. The lowest BCUT2D eigenvalue weighted by Crippen LogP contribution is -2.60. The molecule has 0 aliphatic carbocycles. The zero-order valence-electron chi connectivity index (χ0n) is 44.8. The van der Waals surface area contributed by atoms with Crippen LogP contribution in [-0.2, 0) is 14.3 Å². The van der Waals surface area contributed by atoms with Gasteiger partial charge in [0.25, 0.3) is 0 Å². The van der Waals surface area contributed by atoms with Crippen LogP contribution in [0.1, 0.15) is 271 Å². The van der Waals surface area contributed by atoms with Gasteiger partial charge in [0.05, 0.1) is 25.4 Å². The van der Waals surface area contributed by atoms with E-state index in [1.807, 2.05) is 6.08 Å². The van der Waals surface area contributed by atoms with Gasteiger partial charge in [-0.05, 0) is 57.8 Å². The highest BCUT2D eigenvalue weighted by Gasteiger charge is 2.44. The molecule has 0 saturated carbocycles. The monoisotopic (exact) mass is 974 g/mol. The van der Waals surface area contributed by atoms with Crippen molar-refractivity contribution in [1.82, 2.24) is 5.32 Å². The summed E-state index contributed by atoms with van der Waals surface area (Å²) in [4.78, 5) is 13.1. The fraction of sp³-hybridized carbons (Fsp3) is 0.850. The SMILES string of the molecule is CC/C=C\C/C=C\CCCCCCCCCCCCCCCCC(=O)NC(COC1OC(CO)C(O)C(O)C1O)C(O)/C=C/CC/C=C/CCCCCCCCCCCCCCCCCCCCC. The molecule has 404 valence electrons. The van der Waals surface area contributed by atoms with Crippen molar-refractivity contribution >= 4 is 5.91 Å². The van der Waals surface area contributed by atoms with Crippen molar-refractivity contribution in [2.24, 2.45) is 0 Å². The van der Waals surface area contributed by atoms with Crippen molar-refractivity contribution in [2.75, 3.05) is 13.2 Å². The molecule has 0 aromatic carbocycles. The largest absolute Gasteiger partial charge is 0.394 e. The topological polar surface area (TPSA) is 149 Å². The highest BCUT2D eigenvalue weighted by molar-refractivity contribution is 5.76. The van der Waals surface area contributed by atoms with Crippen LogP contribution in [0.25, 0.3) is 0 Å². The van der Waals surface area contributed by atoms with Gasteiger partial charge in [0, 0.05) is 6.42 Å². The first-order valence-corrected chi connectivity index (χ1v) is 29.4. The Morgan fingerprint density at radius 1 is 0.507 bits per heavy atom. The predicted octanol–water partition coefficient (Wildman–Crippen LogP) is 14.5. The van der Waals surface area contributed by atoms with E-state index in [0.717, 1.165) is 51.4 Å². The van der Waals surface area contributed by atoms with E-state index in [1.54, 1.807) is 6.08 Å². The van der Waals surface area contributed by atoms with Crippen molar-refractivity contribution in [2.45, 2.75) is 314 Å². The number of amides is 1. The number of carbonyl (C=O) groups is 1. The van der Waals surface area contributed by atoms with Crippen LogP contribution in [0.15, 0.2) is 48.6 Å². The summed E-state index contributed by atoms with van der Waals surface area (Å²) in [6.45, 7) is 3.69. The summed E-state index contributed by atoms with van der Waals surface area (Å²) >= 11 is 0. The molecule has 0 aromatic rings. The van der Waals surface area contributed by atoms with E-state index in [2.05, 4.69) is 55.6 Å². The number of unbranched alkanes of at least 4 members (excludes halogenated alkanes) is 34. The van der Waals surface area contributed by atoms with E-state index >= 15 is 0 Å². The molecule has 0 spiro atoms. The van der Waals surface area contributed by atoms with Crippen LogP contribution in [-0.4, -0.2) is 87.5 Å². The fourth-order valence-electron chi connectivity index (χ4n) is 9.27. The maximum absolute atomic E-state index is 13.1. The van der Waals surface area contributed by atoms with Crippen molar-refractivity contribution in [1.29, 1.82) is 0 Å². The van der Waals surface area contributed by atoms with E-state index < -0.39 is 49.5 Å². The lowest BCUT2D eigenvalue weighted by Gasteiger charge is -2.40. The van der Waals surface area contributed by atoms with Crippen LogP contribution in [0, 0.1) is 0 Å². The van der Waals surface area contributed by atoms with E-state index in [9.17, 15) is 30.3 Å². The molecule has 0 aromatic heterocycles. The van der Waals surface area contributed by atoms with Crippen LogP contribution < -0.4 is 5.32 Å². The van der Waals surface area contributed by atoms with Gasteiger partial charge in [-0.1, -0.05) is 255 Å². The molecule has 9 nitrogen and oxygen atoms in total. The Morgan fingerprint density at radius 2 is 0.913 bits per heavy atom. The lowest BCUT2D eigenvalue weighted by molar-refractivity contribution is -0.302. The van der Waals surface area contributed by atoms with Crippen molar-refractivity contribution in [3.63, 3.8) is 0 Å². The maximum atomic E-state index is 13.1. The number of allylic oxidation sites excluding steroid dienone is 7. The number of hydrogen-bond acceptors (Lipinski definition) is 8. The van der Waals surface area contributed by atoms with Gasteiger partial charge in [-0.25, -0.2) is 0 Å². The van der Waals surface area contributed by atoms with Gasteiger partial charge in [0.2, 0.25) is 5.91 Å². The summed E-state index contributed by atoms with van der Waals surface area (Å²) in [5.41, 5.74) is 0. The highest BCUT2D eigenvalue weighted by atomic mass is 16.7. The second-order valence-corrected chi connectivity index (χ2v) is 20.4. The summed E-state index contributed by atoms with van der Waals surface area (Å²) in [5, 5.41) is 54.5. The first-order valence-electron chi connectivity index (χ1n) is 29.4. The normalized spacial score (nSPS) is 19.8. The van der Waals surface area contributed by atoms with Crippen LogP contribution in [0.4, 0.5) is 0 Å². The minimum atomic E-state index is -1.57. The molecule has 7 unspecified atom stereocenters. The fourth-order valence-corrected chi connectivity index (χ4v) is 9.27.